The molecule has 0 aromatic carbocycles. The number of hydrogen-bond donors (Lipinski definition) is 0. The molecule has 4 heteroatoms. The Morgan fingerprint density at radius 3 is 2.80 bits per heavy atom. The molecule has 1 aliphatic heterocycles. The van der Waals surface area contributed by atoms with Crippen LogP contribution in [0, 0.1) is 0 Å². The van der Waals surface area contributed by atoms with Gasteiger partial charge < -0.3 is 9.47 Å². The first-order chi connectivity index (χ1) is 4.72. The van der Waals surface area contributed by atoms with Crippen LogP contribution in [0.15, 0.2) is 0 Å². The molecule has 2 radical (unpaired) electrons. The summed E-state index contributed by atoms with van der Waals surface area (Å²) in [6, 6.07) is -0.205. The van der Waals surface area contributed by atoms with Gasteiger partial charge in [-0.05, 0) is 7.05 Å². The Labute approximate surface area is 62.7 Å². The molecule has 56 valence electrons. The molecule has 0 amide bonds. The average molecular weight is 141 g/mol. The van der Waals surface area contributed by atoms with E-state index in [4.69, 9.17) is 17.3 Å². The highest BCUT2D eigenvalue weighted by Gasteiger charge is 2.21. The van der Waals surface area contributed by atoms with E-state index in [9.17, 15) is 0 Å². The van der Waals surface area contributed by atoms with Crippen LogP contribution in [0.2, 0.25) is 0 Å². The van der Waals surface area contributed by atoms with Gasteiger partial charge in [-0.3, -0.25) is 4.90 Å². The Morgan fingerprint density at radius 1 is 1.60 bits per heavy atom. The predicted molar refractivity (Wildman–Crippen MR) is 38.9 cm³/mol. The summed E-state index contributed by atoms with van der Waals surface area (Å²) < 4.78 is 10.2. The molecule has 10 heavy (non-hydrogen) atoms. The summed E-state index contributed by atoms with van der Waals surface area (Å²) in [6.07, 6.45) is -0.159. The standard InChI is InChI=1S/C6H12BNO2/c1-8-3-5(7)10-6(4-8)9-2/h5-6H,3-4H2,1-2H3. The molecular formula is C6H12BNO2. The second-order valence-electron chi connectivity index (χ2n) is 2.56. The molecule has 0 aromatic heterocycles. The number of hydrogen-bond acceptors (Lipinski definition) is 3. The highest BCUT2D eigenvalue weighted by atomic mass is 16.7. The number of rotatable bonds is 1. The number of methoxy groups -OCH3 is 1. The van der Waals surface area contributed by atoms with Crippen LogP contribution in [0.25, 0.3) is 0 Å². The lowest BCUT2D eigenvalue weighted by molar-refractivity contribution is -0.173. The van der Waals surface area contributed by atoms with Crippen molar-refractivity contribution in [2.45, 2.75) is 12.3 Å². The number of likely N-dealkylation sites (N-methyl/N-ethyl adjacent to an activating group) is 1. The fourth-order valence-corrected chi connectivity index (χ4v) is 1.05. The zero-order valence-electron chi connectivity index (χ0n) is 6.41. The molecule has 1 heterocycles. The molecule has 0 spiro atoms. The largest absolute Gasteiger partial charge is 0.357 e. The lowest BCUT2D eigenvalue weighted by Gasteiger charge is -2.33. The highest BCUT2D eigenvalue weighted by Crippen LogP contribution is 2.06. The molecule has 0 saturated carbocycles. The van der Waals surface area contributed by atoms with Gasteiger partial charge in [-0.2, -0.15) is 0 Å². The van der Waals surface area contributed by atoms with Gasteiger partial charge in [0.25, 0.3) is 0 Å². The second kappa shape index (κ2) is 3.37. The summed E-state index contributed by atoms with van der Waals surface area (Å²) in [4.78, 5) is 2.09. The van der Waals surface area contributed by atoms with Crippen molar-refractivity contribution in [2.75, 3.05) is 27.2 Å². The lowest BCUT2D eigenvalue weighted by atomic mass is 9.99. The van der Waals surface area contributed by atoms with Gasteiger partial charge in [-0.1, -0.05) is 0 Å². The van der Waals surface area contributed by atoms with Crippen LogP contribution in [0.1, 0.15) is 0 Å². The first-order valence-corrected chi connectivity index (χ1v) is 3.34. The van der Waals surface area contributed by atoms with Gasteiger partial charge >= 0.3 is 0 Å². The number of nitrogens with zero attached hydrogens (tertiary/aromatic N) is 1. The van der Waals surface area contributed by atoms with E-state index in [1.54, 1.807) is 7.11 Å². The van der Waals surface area contributed by atoms with Crippen LogP contribution in [0.3, 0.4) is 0 Å². The van der Waals surface area contributed by atoms with Gasteiger partial charge in [0.05, 0.1) is 0 Å². The highest BCUT2D eigenvalue weighted by molar-refractivity contribution is 6.11. The Balaban J connectivity index is 2.35. The zero-order valence-corrected chi connectivity index (χ0v) is 6.41. The monoisotopic (exact) mass is 141 g/mol. The van der Waals surface area contributed by atoms with E-state index in [1.165, 1.54) is 0 Å². The van der Waals surface area contributed by atoms with Crippen molar-refractivity contribution in [3.05, 3.63) is 0 Å². The van der Waals surface area contributed by atoms with E-state index in [-0.39, 0.29) is 12.3 Å². The SMILES string of the molecule is [B]C1CN(C)CC(OC)O1. The average Bonchev–Trinajstić information content (AvgIpc) is 1.85. The predicted octanol–water partition coefficient (Wildman–Crippen LogP) is -0.585. The van der Waals surface area contributed by atoms with Crippen molar-refractivity contribution >= 4 is 7.85 Å². The quantitative estimate of drug-likeness (QED) is 0.456. The van der Waals surface area contributed by atoms with Gasteiger partial charge in [0.15, 0.2) is 6.29 Å². The summed E-state index contributed by atoms with van der Waals surface area (Å²) in [6.45, 7) is 1.57. The minimum absolute atomic E-state index is 0.159. The van der Waals surface area contributed by atoms with Crippen LogP contribution < -0.4 is 0 Å². The minimum atomic E-state index is -0.205. The lowest BCUT2D eigenvalue weighted by Crippen LogP contribution is -2.46. The van der Waals surface area contributed by atoms with Crippen molar-refractivity contribution in [1.29, 1.82) is 0 Å². The first-order valence-electron chi connectivity index (χ1n) is 3.34. The molecule has 1 saturated heterocycles. The summed E-state index contributed by atoms with van der Waals surface area (Å²) in [5, 5.41) is 0. The van der Waals surface area contributed by atoms with Crippen molar-refractivity contribution in [3.8, 4) is 0 Å². The summed E-state index contributed by atoms with van der Waals surface area (Å²) >= 11 is 0. The number of ether oxygens (including phenoxy) is 2. The second-order valence-corrected chi connectivity index (χ2v) is 2.56. The van der Waals surface area contributed by atoms with Crippen molar-refractivity contribution in [1.82, 2.24) is 4.90 Å². The van der Waals surface area contributed by atoms with Gasteiger partial charge in [0.2, 0.25) is 0 Å². The maximum Gasteiger partial charge on any atom is 0.169 e. The van der Waals surface area contributed by atoms with Crippen molar-refractivity contribution < 1.29 is 9.47 Å². The van der Waals surface area contributed by atoms with E-state index < -0.39 is 0 Å². The van der Waals surface area contributed by atoms with Crippen LogP contribution in [0.5, 0.6) is 0 Å². The van der Waals surface area contributed by atoms with Crippen LogP contribution >= 0.6 is 0 Å². The Morgan fingerprint density at radius 2 is 2.30 bits per heavy atom. The maximum absolute atomic E-state index is 5.55. The van der Waals surface area contributed by atoms with Gasteiger partial charge in [-0.25, -0.2) is 0 Å². The molecular weight excluding hydrogens is 129 g/mol. The maximum atomic E-state index is 5.55. The minimum Gasteiger partial charge on any atom is -0.357 e. The van der Waals surface area contributed by atoms with E-state index >= 15 is 0 Å². The third kappa shape index (κ3) is 1.97. The Hall–Kier alpha value is -0.0551. The first kappa shape index (κ1) is 8.05. The molecule has 1 fully saturated rings. The summed E-state index contributed by atoms with van der Waals surface area (Å²) in [7, 11) is 9.16. The normalized spacial score (nSPS) is 36.2. The molecule has 2 atom stereocenters. The number of morpholine rings is 1. The Kier molecular flexibility index (Phi) is 2.71. The van der Waals surface area contributed by atoms with Crippen LogP contribution in [-0.2, 0) is 9.47 Å². The summed E-state index contributed by atoms with van der Waals surface area (Å²) in [5.41, 5.74) is 0. The molecule has 2 unspecified atom stereocenters. The molecule has 3 nitrogen and oxygen atoms in total. The molecule has 1 aliphatic rings. The van der Waals surface area contributed by atoms with Crippen LogP contribution in [-0.4, -0.2) is 52.3 Å². The Bertz CT molecular complexity index is 102. The van der Waals surface area contributed by atoms with Gasteiger partial charge in [-0.15, -0.1) is 0 Å². The summed E-state index contributed by atoms with van der Waals surface area (Å²) in [5.74, 6) is 0. The van der Waals surface area contributed by atoms with Gasteiger partial charge in [0, 0.05) is 26.2 Å². The molecule has 0 N–H and O–H groups in total. The molecule has 1 rings (SSSR count). The van der Waals surface area contributed by atoms with Gasteiger partial charge in [0.1, 0.15) is 7.85 Å². The molecule has 0 aromatic rings. The van der Waals surface area contributed by atoms with Crippen LogP contribution in [0.4, 0.5) is 0 Å². The van der Waals surface area contributed by atoms with Crippen molar-refractivity contribution in [3.63, 3.8) is 0 Å². The topological polar surface area (TPSA) is 21.7 Å². The van der Waals surface area contributed by atoms with E-state index in [2.05, 4.69) is 4.90 Å². The van der Waals surface area contributed by atoms with E-state index in [0.717, 1.165) is 13.1 Å². The smallest absolute Gasteiger partial charge is 0.169 e. The van der Waals surface area contributed by atoms with Crippen molar-refractivity contribution in [2.24, 2.45) is 0 Å². The zero-order chi connectivity index (χ0) is 7.56. The fourth-order valence-electron chi connectivity index (χ4n) is 1.05. The third-order valence-corrected chi connectivity index (χ3v) is 1.54. The van der Waals surface area contributed by atoms with E-state index in [0.29, 0.717) is 0 Å². The third-order valence-electron chi connectivity index (χ3n) is 1.54. The molecule has 0 aliphatic carbocycles. The fraction of sp³-hybridized carbons (Fsp3) is 1.00. The molecule has 0 bridgehead atoms. The van der Waals surface area contributed by atoms with E-state index in [1.807, 2.05) is 7.05 Å².